The van der Waals surface area contributed by atoms with E-state index in [9.17, 15) is 14.4 Å². The molecule has 0 fully saturated rings. The van der Waals surface area contributed by atoms with Gasteiger partial charge < -0.3 is 14.2 Å². The Morgan fingerprint density at radius 1 is 0.323 bits per heavy atom. The molecule has 0 N–H and O–H groups in total. The van der Waals surface area contributed by atoms with Gasteiger partial charge >= 0.3 is 17.9 Å². The number of ether oxygens (including phenoxy) is 3. The summed E-state index contributed by atoms with van der Waals surface area (Å²) in [6, 6.07) is 0. The molecule has 0 aromatic rings. The lowest BCUT2D eigenvalue weighted by Gasteiger charge is -2.18. The second-order valence-corrected chi connectivity index (χ2v) is 16.3. The van der Waals surface area contributed by atoms with E-state index in [1.54, 1.807) is 0 Å². The van der Waals surface area contributed by atoms with Gasteiger partial charge in [-0.05, 0) is 109 Å². The number of carbonyl (C=O) groups is 3. The van der Waals surface area contributed by atoms with E-state index in [0.29, 0.717) is 19.3 Å². The van der Waals surface area contributed by atoms with Crippen LogP contribution in [0.25, 0.3) is 0 Å². The maximum Gasteiger partial charge on any atom is 0.306 e. The number of unbranched alkanes of at least 4 members (excludes halogenated alkanes) is 11. The molecule has 0 heterocycles. The van der Waals surface area contributed by atoms with Crippen LogP contribution < -0.4 is 0 Å². The van der Waals surface area contributed by atoms with E-state index in [4.69, 9.17) is 14.2 Å². The lowest BCUT2D eigenvalue weighted by atomic mass is 10.1. The van der Waals surface area contributed by atoms with E-state index in [2.05, 4.69) is 130 Å². The summed E-state index contributed by atoms with van der Waals surface area (Å²) in [6.45, 7) is 6.24. The minimum Gasteiger partial charge on any atom is -0.462 e. The zero-order chi connectivity index (χ0) is 47.2. The van der Waals surface area contributed by atoms with Crippen LogP contribution in [-0.4, -0.2) is 37.2 Å². The predicted molar refractivity (Wildman–Crippen MR) is 279 cm³/mol. The van der Waals surface area contributed by atoms with Crippen molar-refractivity contribution in [3.05, 3.63) is 134 Å². The summed E-state index contributed by atoms with van der Waals surface area (Å²) in [6.07, 6.45) is 73.1. The van der Waals surface area contributed by atoms with E-state index in [1.807, 2.05) is 24.3 Å². The molecule has 0 bridgehead atoms. The molecule has 0 aliphatic heterocycles. The van der Waals surface area contributed by atoms with Crippen LogP contribution in [-0.2, 0) is 28.6 Å². The van der Waals surface area contributed by atoms with Crippen molar-refractivity contribution in [2.45, 2.75) is 207 Å². The Morgan fingerprint density at radius 2 is 0.631 bits per heavy atom. The van der Waals surface area contributed by atoms with Gasteiger partial charge in [-0.25, -0.2) is 0 Å². The highest BCUT2D eigenvalue weighted by Crippen LogP contribution is 2.12. The van der Waals surface area contributed by atoms with Gasteiger partial charge in [0.25, 0.3) is 0 Å². The van der Waals surface area contributed by atoms with Gasteiger partial charge in [-0.15, -0.1) is 0 Å². The van der Waals surface area contributed by atoms with Crippen molar-refractivity contribution in [3.63, 3.8) is 0 Å². The van der Waals surface area contributed by atoms with E-state index in [0.717, 1.165) is 83.5 Å². The zero-order valence-electron chi connectivity index (χ0n) is 41.4. The maximum absolute atomic E-state index is 12.8. The normalized spacial score (nSPS) is 13.2. The average molecular weight is 897 g/mol. The summed E-state index contributed by atoms with van der Waals surface area (Å²) < 4.78 is 16.6. The molecule has 65 heavy (non-hydrogen) atoms. The topological polar surface area (TPSA) is 78.9 Å². The fraction of sp³-hybridized carbons (Fsp3) is 0.576. The highest BCUT2D eigenvalue weighted by atomic mass is 16.6. The molecule has 0 rings (SSSR count). The van der Waals surface area contributed by atoms with Crippen molar-refractivity contribution in [3.8, 4) is 0 Å². The number of esters is 3. The number of allylic oxidation sites excluding steroid dienone is 22. The molecule has 6 heteroatoms. The summed E-state index contributed by atoms with van der Waals surface area (Å²) in [7, 11) is 0. The first-order chi connectivity index (χ1) is 32.0. The molecule has 364 valence electrons. The quantitative estimate of drug-likeness (QED) is 0.0262. The smallest absolute Gasteiger partial charge is 0.306 e. The molecular weight excluding hydrogens is 805 g/mol. The second-order valence-electron chi connectivity index (χ2n) is 16.3. The zero-order valence-corrected chi connectivity index (χ0v) is 41.4. The summed E-state index contributed by atoms with van der Waals surface area (Å²) in [4.78, 5) is 37.9. The molecule has 0 aromatic carbocycles. The second kappa shape index (κ2) is 52.2. The maximum atomic E-state index is 12.8. The van der Waals surface area contributed by atoms with Crippen molar-refractivity contribution in [2.24, 2.45) is 0 Å². The molecule has 0 radical (unpaired) electrons. The van der Waals surface area contributed by atoms with Gasteiger partial charge in [0.2, 0.25) is 0 Å². The Morgan fingerprint density at radius 3 is 1.03 bits per heavy atom. The van der Waals surface area contributed by atoms with Crippen LogP contribution in [0.5, 0.6) is 0 Å². The third kappa shape index (κ3) is 50.4. The highest BCUT2D eigenvalue weighted by Gasteiger charge is 2.19. The highest BCUT2D eigenvalue weighted by molar-refractivity contribution is 5.71. The standard InChI is InChI=1S/C59H92O6/c1-4-7-10-13-16-19-22-25-28-31-34-37-40-43-46-49-52-58(61)64-55-56(54-63-57(60)51-48-45-42-39-36-33-30-27-24-21-18-15-12-9-6-3)65-59(62)53-50-47-44-41-38-35-32-29-26-23-20-17-14-11-8-5-2/h7-8,10-11,16-17,19-21,24-26,28-29,34-35,37-38,43-44,46-47,56H,4-6,9,12-15,18,22-23,27,30-33,36,39-42,45,48-55H2,1-3H3/b10-7-,11-8-,19-16-,20-17-,24-21-,28-25-,29-26-,37-34-,38-35-,46-43-,47-44-. The van der Waals surface area contributed by atoms with Gasteiger partial charge in [0.05, 0.1) is 0 Å². The molecule has 0 aliphatic rings. The first-order valence-electron chi connectivity index (χ1n) is 25.7. The van der Waals surface area contributed by atoms with Crippen molar-refractivity contribution < 1.29 is 28.6 Å². The molecular formula is C59H92O6. The minimum absolute atomic E-state index is 0.137. The first-order valence-corrected chi connectivity index (χ1v) is 25.7. The van der Waals surface area contributed by atoms with Crippen molar-refractivity contribution in [1.29, 1.82) is 0 Å². The summed E-state index contributed by atoms with van der Waals surface area (Å²) in [5, 5.41) is 0. The third-order valence-electron chi connectivity index (χ3n) is 10.1. The van der Waals surface area contributed by atoms with Crippen LogP contribution in [0.15, 0.2) is 134 Å². The van der Waals surface area contributed by atoms with Crippen molar-refractivity contribution in [2.75, 3.05) is 13.2 Å². The Labute approximate surface area is 398 Å². The van der Waals surface area contributed by atoms with Gasteiger partial charge in [-0.2, -0.15) is 0 Å². The van der Waals surface area contributed by atoms with E-state index < -0.39 is 12.1 Å². The summed E-state index contributed by atoms with van der Waals surface area (Å²) >= 11 is 0. The Kier molecular flexibility index (Phi) is 48.6. The molecule has 0 aromatic heterocycles. The molecule has 1 unspecified atom stereocenters. The van der Waals surface area contributed by atoms with E-state index >= 15 is 0 Å². The summed E-state index contributed by atoms with van der Waals surface area (Å²) in [5.74, 6) is -1.12. The first kappa shape index (κ1) is 60.5. The Balaban J connectivity index is 4.63. The monoisotopic (exact) mass is 897 g/mol. The molecule has 0 amide bonds. The van der Waals surface area contributed by atoms with Gasteiger partial charge in [0.15, 0.2) is 6.10 Å². The molecule has 0 saturated carbocycles. The molecule has 0 saturated heterocycles. The number of rotatable bonds is 44. The van der Waals surface area contributed by atoms with Crippen molar-refractivity contribution >= 4 is 17.9 Å². The van der Waals surface area contributed by atoms with Crippen LogP contribution in [0.1, 0.15) is 201 Å². The largest absolute Gasteiger partial charge is 0.462 e. The molecule has 1 atom stereocenters. The van der Waals surface area contributed by atoms with E-state index in [-0.39, 0.29) is 38.0 Å². The average Bonchev–Trinajstić information content (AvgIpc) is 3.30. The predicted octanol–water partition coefficient (Wildman–Crippen LogP) is 17.1. The fourth-order valence-corrected chi connectivity index (χ4v) is 6.36. The molecule has 0 spiro atoms. The van der Waals surface area contributed by atoms with Crippen LogP contribution in [0, 0.1) is 0 Å². The lowest BCUT2D eigenvalue weighted by molar-refractivity contribution is -0.166. The van der Waals surface area contributed by atoms with Gasteiger partial charge in [-0.1, -0.05) is 206 Å². The number of hydrogen-bond acceptors (Lipinski definition) is 6. The number of hydrogen-bond donors (Lipinski definition) is 0. The number of carbonyl (C=O) groups excluding carboxylic acids is 3. The summed E-state index contributed by atoms with van der Waals surface area (Å²) in [5.41, 5.74) is 0. The van der Waals surface area contributed by atoms with Gasteiger partial charge in [0.1, 0.15) is 13.2 Å². The van der Waals surface area contributed by atoms with Crippen LogP contribution in [0.2, 0.25) is 0 Å². The Hall–Kier alpha value is -4.45. The van der Waals surface area contributed by atoms with Crippen LogP contribution >= 0.6 is 0 Å². The van der Waals surface area contributed by atoms with E-state index in [1.165, 1.54) is 64.2 Å². The lowest BCUT2D eigenvalue weighted by Crippen LogP contribution is -2.30. The van der Waals surface area contributed by atoms with Gasteiger partial charge in [-0.3, -0.25) is 14.4 Å². The van der Waals surface area contributed by atoms with Crippen molar-refractivity contribution in [1.82, 2.24) is 0 Å². The van der Waals surface area contributed by atoms with Crippen LogP contribution in [0.4, 0.5) is 0 Å². The van der Waals surface area contributed by atoms with Crippen LogP contribution in [0.3, 0.4) is 0 Å². The third-order valence-corrected chi connectivity index (χ3v) is 10.1. The Bertz CT molecular complexity index is 1450. The molecule has 0 aliphatic carbocycles. The fourth-order valence-electron chi connectivity index (χ4n) is 6.36. The molecule has 6 nitrogen and oxygen atoms in total. The SMILES string of the molecule is CC/C=C\C/C=C\C/C=C\C/C=C\C/C=C\CCC(=O)OCC(COC(=O)CCCCCCCCC/C=C\CCCCCC)OC(=O)CC/C=C\C/C=C\C/C=C\C/C=C\C/C=C\CC. The minimum atomic E-state index is -0.853. The van der Waals surface area contributed by atoms with Gasteiger partial charge in [0, 0.05) is 19.3 Å².